The topological polar surface area (TPSA) is 107 Å². The molecule has 3 aliphatic heterocycles. The van der Waals surface area contributed by atoms with Gasteiger partial charge in [-0.3, -0.25) is 24.5 Å². The minimum atomic E-state index is -0.809. The SMILES string of the molecule is CC(=O)NC1=NC(C)C(CN2CCC3(CC2)NC(=O)N(Cc2cc(C)nc(C)c2)C3=O)S1. The van der Waals surface area contributed by atoms with E-state index >= 15 is 0 Å². The summed E-state index contributed by atoms with van der Waals surface area (Å²) in [4.78, 5) is 49.8. The van der Waals surface area contributed by atoms with Crippen LogP contribution in [0.1, 0.15) is 43.6 Å². The molecule has 0 aliphatic carbocycles. The molecule has 1 aromatic heterocycles. The average Bonchev–Trinajstić information content (AvgIpc) is 3.14. The molecule has 2 unspecified atom stereocenters. The highest BCUT2D eigenvalue weighted by atomic mass is 32.2. The molecule has 1 spiro atoms. The third-order valence-corrected chi connectivity index (χ3v) is 7.56. The number of imide groups is 1. The van der Waals surface area contributed by atoms with E-state index in [2.05, 4.69) is 32.4 Å². The van der Waals surface area contributed by atoms with Gasteiger partial charge in [-0.15, -0.1) is 0 Å². The molecule has 2 saturated heterocycles. The zero-order valence-electron chi connectivity index (χ0n) is 19.0. The standard InChI is InChI=1S/C22H30N6O3S/c1-13-9-17(10-14(2)23-13)11-28-19(30)22(26-21(28)31)5-7-27(8-6-22)12-18-15(3)24-20(32-18)25-16(4)29/h9-10,15,18H,5-8,11-12H2,1-4H3,(H,26,31)(H,24,25,29). The van der Waals surface area contributed by atoms with Gasteiger partial charge in [-0.25, -0.2) is 4.79 Å². The molecular formula is C22H30N6O3S. The number of carbonyl (C=O) groups is 3. The fourth-order valence-corrected chi connectivity index (χ4v) is 5.93. The third kappa shape index (κ3) is 4.66. The van der Waals surface area contributed by atoms with Crippen molar-refractivity contribution in [3.8, 4) is 0 Å². The number of amides is 4. The molecule has 10 heteroatoms. The first-order valence-electron chi connectivity index (χ1n) is 11.0. The number of urea groups is 1. The van der Waals surface area contributed by atoms with Crippen LogP contribution >= 0.6 is 11.8 Å². The molecule has 4 rings (SSSR count). The Hall–Kier alpha value is -2.46. The van der Waals surface area contributed by atoms with Gasteiger partial charge in [0.1, 0.15) is 5.54 Å². The lowest BCUT2D eigenvalue weighted by Gasteiger charge is -2.38. The van der Waals surface area contributed by atoms with Gasteiger partial charge >= 0.3 is 6.03 Å². The number of piperidine rings is 1. The fourth-order valence-electron chi connectivity index (χ4n) is 4.67. The minimum absolute atomic E-state index is 0.110. The summed E-state index contributed by atoms with van der Waals surface area (Å²) in [6.45, 7) is 9.91. The second kappa shape index (κ2) is 8.82. The highest BCUT2D eigenvalue weighted by molar-refractivity contribution is 8.14. The Balaban J connectivity index is 1.34. The molecule has 172 valence electrons. The molecule has 0 aromatic carbocycles. The normalized spacial score (nSPS) is 25.2. The maximum Gasteiger partial charge on any atom is 0.325 e. The largest absolute Gasteiger partial charge is 0.325 e. The van der Waals surface area contributed by atoms with Gasteiger partial charge in [0, 0.05) is 43.2 Å². The number of nitrogens with one attached hydrogen (secondary N) is 2. The van der Waals surface area contributed by atoms with Crippen LogP contribution in [0, 0.1) is 13.8 Å². The Kier molecular flexibility index (Phi) is 6.26. The van der Waals surface area contributed by atoms with Crippen LogP contribution in [0.4, 0.5) is 4.79 Å². The molecule has 0 saturated carbocycles. The average molecular weight is 459 g/mol. The predicted octanol–water partition coefficient (Wildman–Crippen LogP) is 1.58. The molecule has 0 radical (unpaired) electrons. The quantitative estimate of drug-likeness (QED) is 0.664. The molecule has 32 heavy (non-hydrogen) atoms. The van der Waals surface area contributed by atoms with E-state index < -0.39 is 5.54 Å². The summed E-state index contributed by atoms with van der Waals surface area (Å²) in [6, 6.07) is 3.63. The molecule has 3 aliphatic rings. The van der Waals surface area contributed by atoms with E-state index in [0.29, 0.717) is 18.0 Å². The van der Waals surface area contributed by atoms with Crippen LogP contribution in [0.2, 0.25) is 0 Å². The van der Waals surface area contributed by atoms with Gasteiger partial charge < -0.3 is 15.5 Å². The monoisotopic (exact) mass is 458 g/mol. The number of aryl methyl sites for hydroxylation is 2. The van der Waals surface area contributed by atoms with Gasteiger partial charge in [0.05, 0.1) is 12.6 Å². The number of aromatic nitrogens is 1. The summed E-state index contributed by atoms with van der Waals surface area (Å²) in [5, 5.41) is 6.70. The lowest BCUT2D eigenvalue weighted by molar-refractivity contribution is -0.133. The van der Waals surface area contributed by atoms with E-state index in [9.17, 15) is 14.4 Å². The summed E-state index contributed by atoms with van der Waals surface area (Å²) in [5.41, 5.74) is 1.85. The van der Waals surface area contributed by atoms with Gasteiger partial charge in [0.15, 0.2) is 5.17 Å². The van der Waals surface area contributed by atoms with Crippen molar-refractivity contribution >= 4 is 34.8 Å². The van der Waals surface area contributed by atoms with Crippen molar-refractivity contribution < 1.29 is 14.4 Å². The Morgan fingerprint density at radius 2 is 1.91 bits per heavy atom. The number of amidine groups is 1. The van der Waals surface area contributed by atoms with Crippen LogP contribution in [0.25, 0.3) is 0 Å². The Bertz CT molecular complexity index is 952. The fraction of sp³-hybridized carbons (Fsp3) is 0.591. The maximum atomic E-state index is 13.3. The lowest BCUT2D eigenvalue weighted by Crippen LogP contribution is -2.55. The van der Waals surface area contributed by atoms with E-state index in [1.54, 1.807) is 11.8 Å². The van der Waals surface area contributed by atoms with Gasteiger partial charge in [0.2, 0.25) is 5.91 Å². The van der Waals surface area contributed by atoms with Gasteiger partial charge in [-0.05, 0) is 51.3 Å². The van der Waals surface area contributed by atoms with Crippen molar-refractivity contribution in [2.24, 2.45) is 4.99 Å². The zero-order chi connectivity index (χ0) is 23.0. The molecule has 1 aromatic rings. The smallest absolute Gasteiger partial charge is 0.323 e. The van der Waals surface area contributed by atoms with Crippen LogP contribution in [0.5, 0.6) is 0 Å². The Labute approximate surface area is 192 Å². The second-order valence-corrected chi connectivity index (χ2v) is 10.2. The zero-order valence-corrected chi connectivity index (χ0v) is 19.8. The molecule has 4 amide bonds. The van der Waals surface area contributed by atoms with Crippen molar-refractivity contribution in [3.05, 3.63) is 29.1 Å². The number of rotatable bonds is 4. The van der Waals surface area contributed by atoms with E-state index in [-0.39, 0.29) is 35.7 Å². The van der Waals surface area contributed by atoms with E-state index in [0.717, 1.165) is 36.6 Å². The van der Waals surface area contributed by atoms with Crippen LogP contribution in [0.15, 0.2) is 17.1 Å². The van der Waals surface area contributed by atoms with Crippen LogP contribution in [-0.4, -0.2) is 74.3 Å². The first-order valence-corrected chi connectivity index (χ1v) is 11.9. The summed E-state index contributed by atoms with van der Waals surface area (Å²) < 4.78 is 0. The highest BCUT2D eigenvalue weighted by Crippen LogP contribution is 2.32. The molecule has 2 N–H and O–H groups in total. The summed E-state index contributed by atoms with van der Waals surface area (Å²) in [7, 11) is 0. The molecular weight excluding hydrogens is 428 g/mol. The Morgan fingerprint density at radius 1 is 1.25 bits per heavy atom. The summed E-state index contributed by atoms with van der Waals surface area (Å²) in [6.07, 6.45) is 1.18. The predicted molar refractivity (Wildman–Crippen MR) is 123 cm³/mol. The molecule has 4 heterocycles. The number of likely N-dealkylation sites (tertiary alicyclic amines) is 1. The number of pyridine rings is 1. The van der Waals surface area contributed by atoms with Gasteiger partial charge in [-0.1, -0.05) is 11.8 Å². The number of hydrogen-bond donors (Lipinski definition) is 2. The van der Waals surface area contributed by atoms with E-state index in [1.807, 2.05) is 26.0 Å². The Morgan fingerprint density at radius 3 is 2.53 bits per heavy atom. The van der Waals surface area contributed by atoms with Crippen molar-refractivity contribution in [1.29, 1.82) is 0 Å². The van der Waals surface area contributed by atoms with Crippen LogP contribution in [-0.2, 0) is 16.1 Å². The number of carbonyl (C=O) groups excluding carboxylic acids is 3. The van der Waals surface area contributed by atoms with E-state index in [4.69, 9.17) is 0 Å². The van der Waals surface area contributed by atoms with Gasteiger partial charge in [0.25, 0.3) is 5.91 Å². The molecule has 2 atom stereocenters. The highest BCUT2D eigenvalue weighted by Gasteiger charge is 2.52. The first-order chi connectivity index (χ1) is 15.1. The second-order valence-electron chi connectivity index (χ2n) is 8.97. The van der Waals surface area contributed by atoms with Gasteiger partial charge in [-0.2, -0.15) is 0 Å². The lowest BCUT2D eigenvalue weighted by atomic mass is 9.87. The number of hydrogen-bond acceptors (Lipinski definition) is 7. The number of aliphatic imine (C=N–C) groups is 1. The number of nitrogens with zero attached hydrogens (tertiary/aromatic N) is 4. The molecule has 9 nitrogen and oxygen atoms in total. The van der Waals surface area contributed by atoms with Crippen molar-refractivity contribution in [3.63, 3.8) is 0 Å². The van der Waals surface area contributed by atoms with Crippen molar-refractivity contribution in [2.75, 3.05) is 19.6 Å². The molecule has 2 fully saturated rings. The summed E-state index contributed by atoms with van der Waals surface area (Å²) >= 11 is 1.60. The van der Waals surface area contributed by atoms with Crippen LogP contribution < -0.4 is 10.6 Å². The van der Waals surface area contributed by atoms with E-state index in [1.165, 1.54) is 11.8 Å². The molecule has 0 bridgehead atoms. The third-order valence-electron chi connectivity index (χ3n) is 6.28. The summed E-state index contributed by atoms with van der Waals surface area (Å²) in [5.74, 6) is -0.240. The number of thioether (sulfide) groups is 1. The maximum absolute atomic E-state index is 13.3. The van der Waals surface area contributed by atoms with Crippen LogP contribution in [0.3, 0.4) is 0 Å². The first kappa shape index (κ1) is 22.7. The minimum Gasteiger partial charge on any atom is -0.323 e. The van der Waals surface area contributed by atoms with Crippen molar-refractivity contribution in [2.45, 2.75) is 63.9 Å². The van der Waals surface area contributed by atoms with Crippen molar-refractivity contribution in [1.82, 2.24) is 25.4 Å².